The van der Waals surface area contributed by atoms with Gasteiger partial charge in [-0.2, -0.15) is 0 Å². The number of fused-ring (bicyclic) bond motifs is 1. The molecule has 1 aromatic heterocycles. The van der Waals surface area contributed by atoms with Crippen LogP contribution in [0.3, 0.4) is 0 Å². The van der Waals surface area contributed by atoms with Gasteiger partial charge in [0.05, 0.1) is 12.6 Å². The van der Waals surface area contributed by atoms with E-state index in [2.05, 4.69) is 22.5 Å². The van der Waals surface area contributed by atoms with E-state index in [0.717, 1.165) is 23.9 Å². The van der Waals surface area contributed by atoms with Crippen molar-refractivity contribution in [2.24, 2.45) is 11.8 Å². The topological polar surface area (TPSA) is 54.0 Å². The second kappa shape index (κ2) is 5.59. The van der Waals surface area contributed by atoms with Gasteiger partial charge in [0.15, 0.2) is 0 Å². The summed E-state index contributed by atoms with van der Waals surface area (Å²) in [5.41, 5.74) is 0. The van der Waals surface area contributed by atoms with Crippen molar-refractivity contribution in [3.05, 3.63) is 16.1 Å². The van der Waals surface area contributed by atoms with Crippen LogP contribution < -0.4 is 10.6 Å². The van der Waals surface area contributed by atoms with Gasteiger partial charge < -0.3 is 10.6 Å². The Bertz CT molecular complexity index is 459. The number of nitrogens with zero attached hydrogens (tertiary/aromatic N) is 1. The highest BCUT2D eigenvalue weighted by atomic mass is 32.1. The quantitative estimate of drug-likeness (QED) is 0.882. The van der Waals surface area contributed by atoms with Gasteiger partial charge in [-0.3, -0.25) is 4.79 Å². The van der Waals surface area contributed by atoms with Gasteiger partial charge in [-0.25, -0.2) is 4.98 Å². The van der Waals surface area contributed by atoms with E-state index in [1.807, 2.05) is 6.20 Å². The predicted molar refractivity (Wildman–Crippen MR) is 76.0 cm³/mol. The van der Waals surface area contributed by atoms with Gasteiger partial charge in [-0.15, -0.1) is 11.3 Å². The minimum Gasteiger partial charge on any atom is -0.348 e. The Morgan fingerprint density at radius 2 is 2.47 bits per heavy atom. The molecule has 3 rings (SSSR count). The van der Waals surface area contributed by atoms with Crippen molar-refractivity contribution in [3.63, 3.8) is 0 Å². The van der Waals surface area contributed by atoms with Crippen molar-refractivity contribution in [1.29, 1.82) is 0 Å². The first-order valence-corrected chi connectivity index (χ1v) is 8.04. The van der Waals surface area contributed by atoms with Gasteiger partial charge in [-0.05, 0) is 37.6 Å². The average Bonchev–Trinajstić information content (AvgIpc) is 3.11. The second-order valence-electron chi connectivity index (χ2n) is 5.53. The number of carbonyl (C=O) groups is 1. The number of hydrogen-bond donors (Lipinski definition) is 2. The summed E-state index contributed by atoms with van der Waals surface area (Å²) in [5.74, 6) is 1.44. The van der Waals surface area contributed by atoms with Gasteiger partial charge in [-0.1, -0.05) is 13.3 Å². The lowest BCUT2D eigenvalue weighted by molar-refractivity contribution is -0.123. The first kappa shape index (κ1) is 13.1. The molecule has 0 spiro atoms. The fourth-order valence-corrected chi connectivity index (χ4v) is 4.14. The van der Waals surface area contributed by atoms with E-state index >= 15 is 0 Å². The fraction of sp³-hybridized carbons (Fsp3) is 0.714. The molecule has 1 amide bonds. The van der Waals surface area contributed by atoms with Crippen LogP contribution in [0.4, 0.5) is 0 Å². The lowest BCUT2D eigenvalue weighted by Crippen LogP contribution is -2.43. The van der Waals surface area contributed by atoms with Crippen molar-refractivity contribution >= 4 is 17.2 Å². The van der Waals surface area contributed by atoms with E-state index in [-0.39, 0.29) is 11.9 Å². The summed E-state index contributed by atoms with van der Waals surface area (Å²) < 4.78 is 0. The molecule has 1 aromatic rings. The van der Waals surface area contributed by atoms with Crippen LogP contribution in [0, 0.1) is 11.8 Å². The van der Waals surface area contributed by atoms with E-state index < -0.39 is 0 Å². The van der Waals surface area contributed by atoms with Crippen LogP contribution in [0.2, 0.25) is 0 Å². The molecule has 2 aliphatic rings. The lowest BCUT2D eigenvalue weighted by atomic mass is 9.94. The van der Waals surface area contributed by atoms with Crippen LogP contribution in [0.5, 0.6) is 0 Å². The molecule has 0 bridgehead atoms. The second-order valence-corrected chi connectivity index (χ2v) is 6.73. The number of nitrogens with one attached hydrogen (secondary N) is 2. The Balaban J connectivity index is 1.53. The monoisotopic (exact) mass is 279 g/mol. The summed E-state index contributed by atoms with van der Waals surface area (Å²) in [6.45, 7) is 3.71. The third kappa shape index (κ3) is 2.67. The zero-order valence-electron chi connectivity index (χ0n) is 11.3. The number of thiazole rings is 1. The number of hydrogen-bond acceptors (Lipinski definition) is 4. The van der Waals surface area contributed by atoms with Crippen LogP contribution >= 0.6 is 11.3 Å². The van der Waals surface area contributed by atoms with E-state index in [0.29, 0.717) is 12.5 Å². The Morgan fingerprint density at radius 3 is 3.26 bits per heavy atom. The van der Waals surface area contributed by atoms with Gasteiger partial charge >= 0.3 is 0 Å². The molecule has 0 radical (unpaired) electrons. The van der Waals surface area contributed by atoms with Crippen LogP contribution in [-0.4, -0.2) is 23.5 Å². The molecule has 4 nitrogen and oxygen atoms in total. The highest BCUT2D eigenvalue weighted by Gasteiger charge is 2.42. The van der Waals surface area contributed by atoms with E-state index in [1.165, 1.54) is 24.1 Å². The third-order valence-electron chi connectivity index (χ3n) is 4.39. The SMILES string of the molecule is CCc1cnc(CNC(=O)C2NCC3CCCC32)s1. The number of carbonyl (C=O) groups excluding carboxylic acids is 1. The Labute approximate surface area is 118 Å². The molecule has 1 saturated heterocycles. The Hall–Kier alpha value is -0.940. The normalized spacial score (nSPS) is 29.4. The lowest BCUT2D eigenvalue weighted by Gasteiger charge is -2.17. The third-order valence-corrected chi connectivity index (χ3v) is 5.53. The summed E-state index contributed by atoms with van der Waals surface area (Å²) in [7, 11) is 0. The standard InChI is InChI=1S/C14H21N3OS/c1-2-10-7-15-12(19-10)8-17-14(18)13-11-5-3-4-9(11)6-16-13/h7,9,11,13,16H,2-6,8H2,1H3,(H,17,18). The van der Waals surface area contributed by atoms with Crippen molar-refractivity contribution in [2.75, 3.05) is 6.54 Å². The average molecular weight is 279 g/mol. The minimum absolute atomic E-state index is 0.0260. The first-order chi connectivity index (χ1) is 9.28. The maximum atomic E-state index is 12.2. The van der Waals surface area contributed by atoms with Crippen molar-refractivity contribution in [1.82, 2.24) is 15.6 Å². The van der Waals surface area contributed by atoms with Crippen LogP contribution in [-0.2, 0) is 17.8 Å². The predicted octanol–water partition coefficient (Wildman–Crippen LogP) is 1.71. The smallest absolute Gasteiger partial charge is 0.237 e. The summed E-state index contributed by atoms with van der Waals surface area (Å²) in [4.78, 5) is 17.9. The van der Waals surface area contributed by atoms with Gasteiger partial charge in [0.2, 0.25) is 5.91 Å². The maximum absolute atomic E-state index is 12.2. The zero-order valence-corrected chi connectivity index (χ0v) is 12.1. The molecule has 1 saturated carbocycles. The molecule has 2 fully saturated rings. The van der Waals surface area contributed by atoms with E-state index in [4.69, 9.17) is 0 Å². The molecule has 3 atom stereocenters. The van der Waals surface area contributed by atoms with Crippen molar-refractivity contribution in [2.45, 2.75) is 45.2 Å². The minimum atomic E-state index is 0.0260. The molecular formula is C14H21N3OS. The van der Waals surface area contributed by atoms with Crippen LogP contribution in [0.1, 0.15) is 36.1 Å². The Morgan fingerprint density at radius 1 is 1.58 bits per heavy atom. The van der Waals surface area contributed by atoms with Gasteiger partial charge in [0.1, 0.15) is 5.01 Å². The summed E-state index contributed by atoms with van der Waals surface area (Å²) >= 11 is 1.69. The zero-order chi connectivity index (χ0) is 13.2. The molecule has 0 aromatic carbocycles. The fourth-order valence-electron chi connectivity index (χ4n) is 3.34. The number of aryl methyl sites for hydroxylation is 1. The number of amides is 1. The molecule has 104 valence electrons. The van der Waals surface area contributed by atoms with Crippen LogP contribution in [0.25, 0.3) is 0 Å². The molecule has 19 heavy (non-hydrogen) atoms. The number of aromatic nitrogens is 1. The summed E-state index contributed by atoms with van der Waals surface area (Å²) in [5, 5.41) is 7.43. The van der Waals surface area contributed by atoms with E-state index in [1.54, 1.807) is 11.3 Å². The highest BCUT2D eigenvalue weighted by Crippen LogP contribution is 2.37. The molecule has 1 aliphatic heterocycles. The van der Waals surface area contributed by atoms with Crippen molar-refractivity contribution < 1.29 is 4.79 Å². The molecule has 5 heteroatoms. The molecule has 2 N–H and O–H groups in total. The maximum Gasteiger partial charge on any atom is 0.237 e. The first-order valence-electron chi connectivity index (χ1n) is 7.22. The molecular weight excluding hydrogens is 258 g/mol. The molecule has 1 aliphatic carbocycles. The largest absolute Gasteiger partial charge is 0.348 e. The van der Waals surface area contributed by atoms with E-state index in [9.17, 15) is 4.79 Å². The summed E-state index contributed by atoms with van der Waals surface area (Å²) in [6, 6.07) is 0.0260. The Kier molecular flexibility index (Phi) is 3.84. The summed E-state index contributed by atoms with van der Waals surface area (Å²) in [6.07, 6.45) is 6.69. The molecule has 2 heterocycles. The molecule has 3 unspecified atom stereocenters. The van der Waals surface area contributed by atoms with Crippen LogP contribution in [0.15, 0.2) is 6.20 Å². The van der Waals surface area contributed by atoms with Gasteiger partial charge in [0, 0.05) is 11.1 Å². The number of rotatable bonds is 4. The van der Waals surface area contributed by atoms with Gasteiger partial charge in [0.25, 0.3) is 0 Å². The highest BCUT2D eigenvalue weighted by molar-refractivity contribution is 7.11. The van der Waals surface area contributed by atoms with Crippen molar-refractivity contribution in [3.8, 4) is 0 Å².